The van der Waals surface area contributed by atoms with Crippen LogP contribution in [0, 0.1) is 13.8 Å². The highest BCUT2D eigenvalue weighted by Gasteiger charge is 2.18. The van der Waals surface area contributed by atoms with Gasteiger partial charge in [0.15, 0.2) is 6.29 Å². The maximum Gasteiger partial charge on any atom is 0.253 e. The van der Waals surface area contributed by atoms with Gasteiger partial charge in [0.25, 0.3) is 5.91 Å². The highest BCUT2D eigenvalue weighted by atomic mass is 16.5. The van der Waals surface area contributed by atoms with Gasteiger partial charge < -0.3 is 15.0 Å². The van der Waals surface area contributed by atoms with Gasteiger partial charge in [0.2, 0.25) is 0 Å². The molecule has 2 N–H and O–H groups in total. The molecule has 0 unspecified atom stereocenters. The molecule has 0 atom stereocenters. The van der Waals surface area contributed by atoms with E-state index in [1.807, 2.05) is 0 Å². The van der Waals surface area contributed by atoms with E-state index in [-0.39, 0.29) is 5.91 Å². The number of rotatable bonds is 5. The molecule has 0 saturated carbocycles. The molecule has 0 aliphatic carbocycles. The van der Waals surface area contributed by atoms with Crippen LogP contribution in [-0.4, -0.2) is 61.5 Å². The summed E-state index contributed by atoms with van der Waals surface area (Å²) in [6.07, 6.45) is 0.743. The van der Waals surface area contributed by atoms with Crippen molar-refractivity contribution in [3.05, 3.63) is 22.5 Å². The lowest BCUT2D eigenvalue weighted by Gasteiger charge is -2.26. The van der Waals surface area contributed by atoms with Gasteiger partial charge in [-0.05, 0) is 19.4 Å². The lowest BCUT2D eigenvalue weighted by molar-refractivity contribution is 0.0383. The third kappa shape index (κ3) is 3.26. The van der Waals surface area contributed by atoms with Gasteiger partial charge in [-0.2, -0.15) is 0 Å². The highest BCUT2D eigenvalue weighted by molar-refractivity contribution is 5.99. The van der Waals surface area contributed by atoms with Gasteiger partial charge in [0.05, 0.1) is 24.5 Å². The summed E-state index contributed by atoms with van der Waals surface area (Å²) in [7, 11) is 0. The maximum atomic E-state index is 12.2. The van der Waals surface area contributed by atoms with E-state index in [9.17, 15) is 9.59 Å². The number of morpholine rings is 1. The highest BCUT2D eigenvalue weighted by Crippen LogP contribution is 2.16. The fraction of sp³-hybridized carbons (Fsp3) is 0.571. The van der Waals surface area contributed by atoms with Crippen molar-refractivity contribution < 1.29 is 14.3 Å². The summed E-state index contributed by atoms with van der Waals surface area (Å²) in [6.45, 7) is 8.33. The van der Waals surface area contributed by atoms with E-state index >= 15 is 0 Å². The Bertz CT molecular complexity index is 490. The predicted octanol–water partition coefficient (Wildman–Crippen LogP) is 0.506. The van der Waals surface area contributed by atoms with Gasteiger partial charge in [-0.3, -0.25) is 14.5 Å². The smallest absolute Gasteiger partial charge is 0.253 e. The summed E-state index contributed by atoms with van der Waals surface area (Å²) >= 11 is 0. The van der Waals surface area contributed by atoms with Crippen molar-refractivity contribution in [2.24, 2.45) is 0 Å². The molecule has 110 valence electrons. The molecule has 20 heavy (non-hydrogen) atoms. The van der Waals surface area contributed by atoms with Crippen LogP contribution in [0.5, 0.6) is 0 Å². The third-order valence-corrected chi connectivity index (χ3v) is 3.64. The Kier molecular flexibility index (Phi) is 4.92. The molecule has 6 heteroatoms. The van der Waals surface area contributed by atoms with Gasteiger partial charge >= 0.3 is 0 Å². The first-order valence-corrected chi connectivity index (χ1v) is 6.86. The Morgan fingerprint density at radius 3 is 2.70 bits per heavy atom. The van der Waals surface area contributed by atoms with Crippen LogP contribution >= 0.6 is 0 Å². The second-order valence-electron chi connectivity index (χ2n) is 4.99. The van der Waals surface area contributed by atoms with Crippen molar-refractivity contribution in [1.29, 1.82) is 0 Å². The fourth-order valence-corrected chi connectivity index (χ4v) is 2.47. The molecule has 0 radical (unpaired) electrons. The van der Waals surface area contributed by atoms with Crippen molar-refractivity contribution in [3.8, 4) is 0 Å². The molecule has 1 aliphatic heterocycles. The van der Waals surface area contributed by atoms with Crippen LogP contribution in [0.3, 0.4) is 0 Å². The van der Waals surface area contributed by atoms with Gasteiger partial charge in [0.1, 0.15) is 0 Å². The molecule has 2 rings (SSSR count). The molecule has 2 heterocycles. The molecule has 1 aromatic heterocycles. The van der Waals surface area contributed by atoms with Crippen molar-refractivity contribution in [1.82, 2.24) is 15.2 Å². The largest absolute Gasteiger partial charge is 0.379 e. The minimum atomic E-state index is -0.127. The molecular weight excluding hydrogens is 258 g/mol. The van der Waals surface area contributed by atoms with Crippen LogP contribution in [0.25, 0.3) is 0 Å². The zero-order valence-corrected chi connectivity index (χ0v) is 12.0. The van der Waals surface area contributed by atoms with Crippen molar-refractivity contribution >= 4 is 12.2 Å². The second kappa shape index (κ2) is 6.67. The molecule has 0 bridgehead atoms. The Labute approximate surface area is 118 Å². The maximum absolute atomic E-state index is 12.2. The SMILES string of the molecule is Cc1[nH]c(C=O)c(C)c1C(=O)NCCN1CCOCC1. The number of aromatic nitrogens is 1. The molecule has 6 nitrogen and oxygen atoms in total. The zero-order valence-electron chi connectivity index (χ0n) is 12.0. The molecular formula is C14H21N3O3. The van der Waals surface area contributed by atoms with Gasteiger partial charge in [-0.25, -0.2) is 0 Å². The van der Waals surface area contributed by atoms with Crippen molar-refractivity contribution in [2.45, 2.75) is 13.8 Å². The fourth-order valence-electron chi connectivity index (χ4n) is 2.47. The molecule has 1 aromatic rings. The Morgan fingerprint density at radius 1 is 1.40 bits per heavy atom. The minimum absolute atomic E-state index is 0.127. The molecule has 1 fully saturated rings. The number of hydrogen-bond acceptors (Lipinski definition) is 4. The number of aldehydes is 1. The molecule has 0 aromatic carbocycles. The number of amides is 1. The lowest BCUT2D eigenvalue weighted by atomic mass is 10.1. The number of carbonyl (C=O) groups is 2. The number of nitrogens with one attached hydrogen (secondary N) is 2. The normalized spacial score (nSPS) is 16.1. The van der Waals surface area contributed by atoms with Crippen LogP contribution in [0.4, 0.5) is 0 Å². The van der Waals surface area contributed by atoms with E-state index in [1.54, 1.807) is 13.8 Å². The summed E-state index contributed by atoms with van der Waals surface area (Å²) in [6, 6.07) is 0. The Hall–Kier alpha value is -1.66. The summed E-state index contributed by atoms with van der Waals surface area (Å²) in [4.78, 5) is 28.2. The van der Waals surface area contributed by atoms with Crippen molar-refractivity contribution in [2.75, 3.05) is 39.4 Å². The molecule has 0 spiro atoms. The number of aromatic amines is 1. The summed E-state index contributed by atoms with van der Waals surface area (Å²) < 4.78 is 5.28. The lowest BCUT2D eigenvalue weighted by Crippen LogP contribution is -2.41. The minimum Gasteiger partial charge on any atom is -0.379 e. The van der Waals surface area contributed by atoms with E-state index in [2.05, 4.69) is 15.2 Å². The number of nitrogens with zero attached hydrogens (tertiary/aromatic N) is 1. The van der Waals surface area contributed by atoms with Crippen LogP contribution in [0.15, 0.2) is 0 Å². The monoisotopic (exact) mass is 279 g/mol. The molecule has 1 saturated heterocycles. The summed E-state index contributed by atoms with van der Waals surface area (Å²) in [5.41, 5.74) is 2.49. The quantitative estimate of drug-likeness (QED) is 0.770. The molecule has 1 aliphatic rings. The van der Waals surface area contributed by atoms with Crippen molar-refractivity contribution in [3.63, 3.8) is 0 Å². The summed E-state index contributed by atoms with van der Waals surface area (Å²) in [5, 5.41) is 2.91. The average molecular weight is 279 g/mol. The number of ether oxygens (including phenoxy) is 1. The number of hydrogen-bond donors (Lipinski definition) is 2. The zero-order chi connectivity index (χ0) is 14.5. The Morgan fingerprint density at radius 2 is 2.10 bits per heavy atom. The van der Waals surface area contributed by atoms with Crippen LogP contribution in [0.1, 0.15) is 32.1 Å². The first kappa shape index (κ1) is 14.7. The first-order chi connectivity index (χ1) is 9.63. The van der Waals surface area contributed by atoms with Crippen LogP contribution in [-0.2, 0) is 4.74 Å². The number of carbonyl (C=O) groups excluding carboxylic acids is 2. The standard InChI is InChI=1S/C14H21N3O3/c1-10-12(9-18)16-11(2)13(10)14(19)15-3-4-17-5-7-20-8-6-17/h9,16H,3-8H2,1-2H3,(H,15,19). The van der Waals surface area contributed by atoms with Crippen LogP contribution < -0.4 is 5.32 Å². The summed E-state index contributed by atoms with van der Waals surface area (Å²) in [5.74, 6) is -0.127. The first-order valence-electron chi connectivity index (χ1n) is 6.86. The number of H-pyrrole nitrogens is 1. The van der Waals surface area contributed by atoms with E-state index in [1.165, 1.54) is 0 Å². The average Bonchev–Trinajstić information content (AvgIpc) is 2.74. The van der Waals surface area contributed by atoms with Gasteiger partial charge in [-0.1, -0.05) is 0 Å². The van der Waals surface area contributed by atoms with E-state index < -0.39 is 0 Å². The topological polar surface area (TPSA) is 74.4 Å². The van der Waals surface area contributed by atoms with E-state index in [0.29, 0.717) is 23.4 Å². The van der Waals surface area contributed by atoms with Crippen LogP contribution in [0.2, 0.25) is 0 Å². The van der Waals surface area contributed by atoms with E-state index in [0.717, 1.165) is 44.8 Å². The van der Waals surface area contributed by atoms with E-state index in [4.69, 9.17) is 4.74 Å². The number of aryl methyl sites for hydroxylation is 1. The third-order valence-electron chi connectivity index (χ3n) is 3.64. The molecule has 1 amide bonds. The Balaban J connectivity index is 1.88. The second-order valence-corrected chi connectivity index (χ2v) is 4.99. The predicted molar refractivity (Wildman–Crippen MR) is 75.2 cm³/mol. The van der Waals surface area contributed by atoms with Gasteiger partial charge in [0, 0.05) is 31.9 Å². The van der Waals surface area contributed by atoms with Gasteiger partial charge in [-0.15, -0.1) is 0 Å².